The molecule has 0 amide bonds. The molecule has 0 fully saturated rings. The van der Waals surface area contributed by atoms with Gasteiger partial charge in [0.05, 0.1) is 0 Å². The minimum atomic E-state index is -0.288. The molecule has 1 unspecified atom stereocenters. The molecule has 92 valence electrons. The first kappa shape index (κ1) is 12.8. The Bertz CT molecular complexity index is 513. The fourth-order valence-corrected chi connectivity index (χ4v) is 2.84. The van der Waals surface area contributed by atoms with Crippen LogP contribution < -0.4 is 0 Å². The van der Waals surface area contributed by atoms with Crippen LogP contribution in [0.1, 0.15) is 24.1 Å². The van der Waals surface area contributed by atoms with Crippen molar-refractivity contribution in [3.8, 4) is 0 Å². The van der Waals surface area contributed by atoms with Gasteiger partial charge in [-0.2, -0.15) is 4.91 Å². The summed E-state index contributed by atoms with van der Waals surface area (Å²) < 4.78 is 0. The molecule has 0 aromatic heterocycles. The molecule has 18 heavy (non-hydrogen) atoms. The molecule has 2 aromatic carbocycles. The zero-order valence-electron chi connectivity index (χ0n) is 10.2. The molecule has 0 radical (unpaired) electrons. The van der Waals surface area contributed by atoms with Crippen LogP contribution in [0.3, 0.4) is 0 Å². The minimum absolute atomic E-state index is 0.288. The van der Waals surface area contributed by atoms with Crippen LogP contribution in [0.25, 0.3) is 0 Å². The summed E-state index contributed by atoms with van der Waals surface area (Å²) in [6.07, 6.45) is 0. The summed E-state index contributed by atoms with van der Waals surface area (Å²) in [6.45, 7) is 1.83. The average Bonchev–Trinajstić information content (AvgIpc) is 2.45. The standard InChI is InChI=1S/C15H15NOS/c1-12(16-17)14-9-5-6-10-15(14)18-11-13-7-3-2-4-8-13/h2-10,12H,11H2,1H3. The van der Waals surface area contributed by atoms with Gasteiger partial charge in [0.1, 0.15) is 6.04 Å². The molecule has 0 spiro atoms. The zero-order valence-corrected chi connectivity index (χ0v) is 11.1. The highest BCUT2D eigenvalue weighted by Crippen LogP contribution is 2.31. The van der Waals surface area contributed by atoms with Crippen LogP contribution in [-0.4, -0.2) is 0 Å². The van der Waals surface area contributed by atoms with E-state index in [0.717, 1.165) is 16.2 Å². The van der Waals surface area contributed by atoms with Gasteiger partial charge >= 0.3 is 0 Å². The van der Waals surface area contributed by atoms with Crippen molar-refractivity contribution in [3.63, 3.8) is 0 Å². The predicted molar refractivity (Wildman–Crippen MR) is 76.7 cm³/mol. The third-order valence-corrected chi connectivity index (χ3v) is 3.92. The first-order valence-corrected chi connectivity index (χ1v) is 6.88. The van der Waals surface area contributed by atoms with E-state index in [4.69, 9.17) is 0 Å². The molecule has 0 aliphatic carbocycles. The molecule has 2 rings (SSSR count). The van der Waals surface area contributed by atoms with E-state index in [1.807, 2.05) is 49.4 Å². The molecule has 2 nitrogen and oxygen atoms in total. The quantitative estimate of drug-likeness (QED) is 0.568. The van der Waals surface area contributed by atoms with Gasteiger partial charge in [-0.05, 0) is 24.1 Å². The topological polar surface area (TPSA) is 29.4 Å². The second-order valence-electron chi connectivity index (χ2n) is 4.09. The van der Waals surface area contributed by atoms with Gasteiger partial charge in [-0.1, -0.05) is 53.7 Å². The summed E-state index contributed by atoms with van der Waals surface area (Å²) in [7, 11) is 0. The van der Waals surface area contributed by atoms with Crippen LogP contribution in [0.2, 0.25) is 0 Å². The Morgan fingerprint density at radius 3 is 2.44 bits per heavy atom. The van der Waals surface area contributed by atoms with Gasteiger partial charge in [-0.3, -0.25) is 0 Å². The fraction of sp³-hybridized carbons (Fsp3) is 0.200. The van der Waals surface area contributed by atoms with E-state index < -0.39 is 0 Å². The number of nitrogens with zero attached hydrogens (tertiary/aromatic N) is 1. The number of nitroso groups, excluding NO2 is 1. The molecule has 3 heteroatoms. The van der Waals surface area contributed by atoms with E-state index in [1.54, 1.807) is 11.8 Å². The second kappa shape index (κ2) is 6.36. The van der Waals surface area contributed by atoms with Crippen LogP contribution in [0.15, 0.2) is 64.7 Å². The summed E-state index contributed by atoms with van der Waals surface area (Å²) >= 11 is 1.74. The maximum Gasteiger partial charge on any atom is 0.115 e. The highest BCUT2D eigenvalue weighted by Gasteiger charge is 2.10. The van der Waals surface area contributed by atoms with Crippen molar-refractivity contribution in [1.29, 1.82) is 0 Å². The van der Waals surface area contributed by atoms with Gasteiger partial charge in [-0.25, -0.2) is 0 Å². The van der Waals surface area contributed by atoms with Crippen molar-refractivity contribution in [1.82, 2.24) is 0 Å². The van der Waals surface area contributed by atoms with Gasteiger partial charge < -0.3 is 0 Å². The summed E-state index contributed by atoms with van der Waals surface area (Å²) in [5, 5.41) is 3.11. The van der Waals surface area contributed by atoms with Crippen molar-refractivity contribution in [2.24, 2.45) is 5.18 Å². The van der Waals surface area contributed by atoms with E-state index in [-0.39, 0.29) is 6.04 Å². The van der Waals surface area contributed by atoms with Gasteiger partial charge in [0, 0.05) is 10.6 Å². The van der Waals surface area contributed by atoms with E-state index in [9.17, 15) is 4.91 Å². The summed E-state index contributed by atoms with van der Waals surface area (Å²) in [6, 6.07) is 18.0. The number of benzene rings is 2. The van der Waals surface area contributed by atoms with Gasteiger partial charge in [0.2, 0.25) is 0 Å². The monoisotopic (exact) mass is 257 g/mol. The molecule has 2 aromatic rings. The molecule has 1 atom stereocenters. The Balaban J connectivity index is 2.12. The number of rotatable bonds is 5. The Kier molecular flexibility index (Phi) is 4.53. The molecule has 0 heterocycles. The second-order valence-corrected chi connectivity index (χ2v) is 5.11. The minimum Gasteiger partial charge on any atom is -0.150 e. The summed E-state index contributed by atoms with van der Waals surface area (Å²) in [5.74, 6) is 0.906. The van der Waals surface area contributed by atoms with Crippen LogP contribution >= 0.6 is 11.8 Å². The van der Waals surface area contributed by atoms with Gasteiger partial charge in [0.15, 0.2) is 0 Å². The van der Waals surface area contributed by atoms with E-state index in [1.165, 1.54) is 5.56 Å². The van der Waals surface area contributed by atoms with Crippen LogP contribution in [0.5, 0.6) is 0 Å². The maximum absolute atomic E-state index is 10.7. The summed E-state index contributed by atoms with van der Waals surface area (Å²) in [4.78, 5) is 11.8. The first-order chi connectivity index (χ1) is 8.81. The normalized spacial score (nSPS) is 12.1. The highest BCUT2D eigenvalue weighted by molar-refractivity contribution is 7.98. The van der Waals surface area contributed by atoms with Crippen molar-refractivity contribution in [2.75, 3.05) is 0 Å². The molecular weight excluding hydrogens is 242 g/mol. The molecular formula is C15H15NOS. The SMILES string of the molecule is CC(N=O)c1ccccc1SCc1ccccc1. The van der Waals surface area contributed by atoms with Crippen LogP contribution in [0.4, 0.5) is 0 Å². The highest BCUT2D eigenvalue weighted by atomic mass is 32.2. The lowest BCUT2D eigenvalue weighted by Crippen LogP contribution is -1.92. The summed E-state index contributed by atoms with van der Waals surface area (Å²) in [5.41, 5.74) is 2.29. The fourth-order valence-electron chi connectivity index (χ4n) is 1.75. The van der Waals surface area contributed by atoms with Crippen molar-refractivity contribution < 1.29 is 0 Å². The maximum atomic E-state index is 10.7. The number of hydrogen-bond donors (Lipinski definition) is 0. The smallest absolute Gasteiger partial charge is 0.115 e. The molecule has 0 bridgehead atoms. The zero-order chi connectivity index (χ0) is 12.8. The first-order valence-electron chi connectivity index (χ1n) is 5.89. The van der Waals surface area contributed by atoms with Crippen LogP contribution in [0, 0.1) is 4.91 Å². The third kappa shape index (κ3) is 3.20. The van der Waals surface area contributed by atoms with Gasteiger partial charge in [0.25, 0.3) is 0 Å². The Labute approximate surface area is 111 Å². The van der Waals surface area contributed by atoms with Crippen molar-refractivity contribution in [3.05, 3.63) is 70.6 Å². The third-order valence-electron chi connectivity index (χ3n) is 2.76. The molecule has 0 aliphatic rings. The molecule has 0 N–H and O–H groups in total. The van der Waals surface area contributed by atoms with Crippen LogP contribution in [-0.2, 0) is 5.75 Å². The Hall–Kier alpha value is -1.61. The lowest BCUT2D eigenvalue weighted by molar-refractivity contribution is 0.791. The Morgan fingerprint density at radius 2 is 1.72 bits per heavy atom. The Morgan fingerprint density at radius 1 is 1.06 bits per heavy atom. The van der Waals surface area contributed by atoms with E-state index >= 15 is 0 Å². The lowest BCUT2D eigenvalue weighted by Gasteiger charge is -2.10. The molecule has 0 saturated heterocycles. The molecule has 0 saturated carbocycles. The van der Waals surface area contributed by atoms with Crippen molar-refractivity contribution in [2.45, 2.75) is 23.6 Å². The van der Waals surface area contributed by atoms with Crippen molar-refractivity contribution >= 4 is 11.8 Å². The van der Waals surface area contributed by atoms with E-state index in [0.29, 0.717) is 0 Å². The largest absolute Gasteiger partial charge is 0.150 e. The number of hydrogen-bond acceptors (Lipinski definition) is 3. The molecule has 0 aliphatic heterocycles. The number of thioether (sulfide) groups is 1. The lowest BCUT2D eigenvalue weighted by atomic mass is 10.1. The van der Waals surface area contributed by atoms with Gasteiger partial charge in [-0.15, -0.1) is 11.8 Å². The van der Waals surface area contributed by atoms with E-state index in [2.05, 4.69) is 17.3 Å². The average molecular weight is 257 g/mol. The predicted octanol–water partition coefficient (Wildman–Crippen LogP) is 4.81.